The van der Waals surface area contributed by atoms with E-state index in [1.54, 1.807) is 0 Å². The van der Waals surface area contributed by atoms with Crippen LogP contribution >= 0.6 is 12.4 Å². The van der Waals surface area contributed by atoms with Gasteiger partial charge in [-0.2, -0.15) is 0 Å². The number of esters is 1. The maximum absolute atomic E-state index is 11.3. The van der Waals surface area contributed by atoms with Crippen LogP contribution in [0.15, 0.2) is 48.5 Å². The summed E-state index contributed by atoms with van der Waals surface area (Å²) in [5, 5.41) is 0. The number of rotatable bonds is 5. The van der Waals surface area contributed by atoms with Crippen molar-refractivity contribution >= 4 is 24.1 Å². The number of anilines is 1. The smallest absolute Gasteiger partial charge is 0.306 e. The largest absolute Gasteiger partial charge is 0.466 e. The third-order valence-corrected chi connectivity index (χ3v) is 3.12. The standard InChI is InChI=1S/C17H19NO2.ClH/c1-2-20-17(19)11-9-13-8-10-15(16(18)12-13)14-6-4-3-5-7-14;/h3-8,10,12H,2,9,11,18H2,1H3;1H. The van der Waals surface area contributed by atoms with Crippen LogP contribution in [-0.2, 0) is 16.0 Å². The number of hydrogen-bond donors (Lipinski definition) is 1. The molecule has 0 aliphatic carbocycles. The predicted molar refractivity (Wildman–Crippen MR) is 88.5 cm³/mol. The highest BCUT2D eigenvalue weighted by atomic mass is 35.5. The number of halogens is 1. The Labute approximate surface area is 131 Å². The van der Waals surface area contributed by atoms with Gasteiger partial charge in [0.05, 0.1) is 6.61 Å². The Morgan fingerprint density at radius 3 is 2.48 bits per heavy atom. The summed E-state index contributed by atoms with van der Waals surface area (Å²) in [5.74, 6) is -0.168. The average molecular weight is 306 g/mol. The van der Waals surface area contributed by atoms with Gasteiger partial charge in [-0.15, -0.1) is 12.4 Å². The first-order chi connectivity index (χ1) is 9.70. The second-order valence-corrected chi connectivity index (χ2v) is 4.59. The fourth-order valence-corrected chi connectivity index (χ4v) is 2.13. The summed E-state index contributed by atoms with van der Waals surface area (Å²) < 4.78 is 4.92. The third-order valence-electron chi connectivity index (χ3n) is 3.12. The van der Waals surface area contributed by atoms with Crippen LogP contribution in [0, 0.1) is 0 Å². The molecule has 2 aromatic carbocycles. The molecule has 0 unspecified atom stereocenters. The number of ether oxygens (including phenoxy) is 1. The van der Waals surface area contributed by atoms with Gasteiger partial charge in [-0.3, -0.25) is 4.79 Å². The van der Waals surface area contributed by atoms with Gasteiger partial charge in [0.25, 0.3) is 0 Å². The number of nitrogen functional groups attached to an aromatic ring is 1. The lowest BCUT2D eigenvalue weighted by molar-refractivity contribution is -0.143. The van der Waals surface area contributed by atoms with Gasteiger partial charge in [0.2, 0.25) is 0 Å². The highest BCUT2D eigenvalue weighted by Crippen LogP contribution is 2.26. The molecule has 0 saturated carbocycles. The van der Waals surface area contributed by atoms with Crippen LogP contribution < -0.4 is 5.73 Å². The summed E-state index contributed by atoms with van der Waals surface area (Å²) in [6, 6.07) is 16.0. The first-order valence-electron chi connectivity index (χ1n) is 6.80. The number of aryl methyl sites for hydroxylation is 1. The van der Waals surface area contributed by atoms with Gasteiger partial charge in [0, 0.05) is 17.7 Å². The Morgan fingerprint density at radius 1 is 1.14 bits per heavy atom. The van der Waals surface area contributed by atoms with Gasteiger partial charge in [-0.25, -0.2) is 0 Å². The molecule has 0 fully saturated rings. The Kier molecular flexibility index (Phi) is 6.76. The van der Waals surface area contributed by atoms with Crippen LogP contribution in [0.2, 0.25) is 0 Å². The Bertz CT molecular complexity index is 585. The first-order valence-corrected chi connectivity index (χ1v) is 6.80. The molecule has 112 valence electrons. The molecule has 0 radical (unpaired) electrons. The molecular formula is C17H20ClNO2. The highest BCUT2D eigenvalue weighted by molar-refractivity contribution is 5.85. The van der Waals surface area contributed by atoms with E-state index in [1.807, 2.05) is 55.5 Å². The van der Waals surface area contributed by atoms with Gasteiger partial charge in [0.15, 0.2) is 0 Å². The van der Waals surface area contributed by atoms with Crippen LogP contribution in [0.4, 0.5) is 5.69 Å². The molecule has 0 spiro atoms. The van der Waals surface area contributed by atoms with Crippen molar-refractivity contribution in [1.29, 1.82) is 0 Å². The van der Waals surface area contributed by atoms with Gasteiger partial charge < -0.3 is 10.5 Å². The van der Waals surface area contributed by atoms with E-state index in [2.05, 4.69) is 0 Å². The van der Waals surface area contributed by atoms with Gasteiger partial charge in [-0.05, 0) is 30.5 Å². The van der Waals surface area contributed by atoms with E-state index in [-0.39, 0.29) is 18.4 Å². The van der Waals surface area contributed by atoms with Crippen molar-refractivity contribution in [2.45, 2.75) is 19.8 Å². The Balaban J connectivity index is 0.00000220. The van der Waals surface area contributed by atoms with E-state index in [1.165, 1.54) is 0 Å². The highest BCUT2D eigenvalue weighted by Gasteiger charge is 2.06. The number of carbonyl (C=O) groups excluding carboxylic acids is 1. The summed E-state index contributed by atoms with van der Waals surface area (Å²) >= 11 is 0. The van der Waals surface area contributed by atoms with E-state index < -0.39 is 0 Å². The summed E-state index contributed by atoms with van der Waals surface area (Å²) in [7, 11) is 0. The summed E-state index contributed by atoms with van der Waals surface area (Å²) in [5.41, 5.74) is 10.0. The SMILES string of the molecule is CCOC(=O)CCc1ccc(-c2ccccc2)c(N)c1.Cl. The second-order valence-electron chi connectivity index (χ2n) is 4.59. The molecule has 0 amide bonds. The Morgan fingerprint density at radius 2 is 1.86 bits per heavy atom. The fourth-order valence-electron chi connectivity index (χ4n) is 2.13. The minimum absolute atomic E-state index is 0. The molecule has 0 saturated heterocycles. The lowest BCUT2D eigenvalue weighted by atomic mass is 10.00. The van der Waals surface area contributed by atoms with Crippen molar-refractivity contribution in [2.75, 3.05) is 12.3 Å². The van der Waals surface area contributed by atoms with Crippen molar-refractivity contribution in [3.8, 4) is 11.1 Å². The molecule has 2 rings (SSSR count). The van der Waals surface area contributed by atoms with Crippen molar-refractivity contribution in [1.82, 2.24) is 0 Å². The van der Waals surface area contributed by atoms with E-state index >= 15 is 0 Å². The lowest BCUT2D eigenvalue weighted by Crippen LogP contribution is -2.05. The van der Waals surface area contributed by atoms with Crippen LogP contribution in [0.1, 0.15) is 18.9 Å². The van der Waals surface area contributed by atoms with Crippen LogP contribution in [0.25, 0.3) is 11.1 Å². The molecule has 21 heavy (non-hydrogen) atoms. The molecule has 0 aliphatic rings. The lowest BCUT2D eigenvalue weighted by Gasteiger charge is -2.08. The predicted octanol–water partition coefficient (Wildman–Crippen LogP) is 3.85. The molecule has 0 atom stereocenters. The zero-order valence-corrected chi connectivity index (χ0v) is 12.9. The maximum atomic E-state index is 11.3. The topological polar surface area (TPSA) is 52.3 Å². The number of nitrogens with two attached hydrogens (primary N) is 1. The van der Waals surface area contributed by atoms with Gasteiger partial charge >= 0.3 is 5.97 Å². The molecule has 4 heteroatoms. The number of hydrogen-bond acceptors (Lipinski definition) is 3. The van der Waals surface area contributed by atoms with Crippen LogP contribution in [0.3, 0.4) is 0 Å². The maximum Gasteiger partial charge on any atom is 0.306 e. The molecule has 0 aromatic heterocycles. The van der Waals surface area contributed by atoms with Gasteiger partial charge in [0.1, 0.15) is 0 Å². The minimum Gasteiger partial charge on any atom is -0.466 e. The van der Waals surface area contributed by atoms with E-state index in [0.29, 0.717) is 19.4 Å². The molecule has 0 bridgehead atoms. The van der Waals surface area contributed by atoms with Crippen molar-refractivity contribution in [3.05, 3.63) is 54.1 Å². The quantitative estimate of drug-likeness (QED) is 0.674. The first kappa shape index (κ1) is 17.1. The zero-order chi connectivity index (χ0) is 14.4. The molecule has 2 N–H and O–H groups in total. The van der Waals surface area contributed by atoms with Crippen LogP contribution in [-0.4, -0.2) is 12.6 Å². The zero-order valence-electron chi connectivity index (χ0n) is 12.0. The molecular weight excluding hydrogens is 286 g/mol. The molecule has 0 aliphatic heterocycles. The van der Waals surface area contributed by atoms with Crippen molar-refractivity contribution in [2.24, 2.45) is 0 Å². The molecule has 3 nitrogen and oxygen atoms in total. The fraction of sp³-hybridized carbons (Fsp3) is 0.235. The van der Waals surface area contributed by atoms with E-state index in [4.69, 9.17) is 10.5 Å². The van der Waals surface area contributed by atoms with Crippen LogP contribution in [0.5, 0.6) is 0 Å². The second kappa shape index (κ2) is 8.32. The summed E-state index contributed by atoms with van der Waals surface area (Å²) in [6.07, 6.45) is 1.04. The van der Waals surface area contributed by atoms with Crippen molar-refractivity contribution < 1.29 is 9.53 Å². The van der Waals surface area contributed by atoms with E-state index in [0.717, 1.165) is 22.4 Å². The Hall–Kier alpha value is -2.00. The minimum atomic E-state index is -0.168. The number of benzene rings is 2. The van der Waals surface area contributed by atoms with E-state index in [9.17, 15) is 4.79 Å². The number of carbonyl (C=O) groups is 1. The summed E-state index contributed by atoms with van der Waals surface area (Å²) in [4.78, 5) is 11.3. The molecule has 2 aromatic rings. The summed E-state index contributed by atoms with van der Waals surface area (Å²) in [6.45, 7) is 2.23. The van der Waals surface area contributed by atoms with Crippen molar-refractivity contribution in [3.63, 3.8) is 0 Å². The average Bonchev–Trinajstić information content (AvgIpc) is 2.46. The monoisotopic (exact) mass is 305 g/mol. The third kappa shape index (κ3) is 4.80. The normalized spacial score (nSPS) is 9.76. The van der Waals surface area contributed by atoms with Gasteiger partial charge in [-0.1, -0.05) is 42.5 Å². The molecule has 0 heterocycles.